The van der Waals surface area contributed by atoms with Crippen LogP contribution in [-0.2, 0) is 6.42 Å². The van der Waals surface area contributed by atoms with E-state index in [-0.39, 0.29) is 6.10 Å². The average molecular weight is 246 g/mol. The van der Waals surface area contributed by atoms with Crippen LogP contribution in [0.2, 0.25) is 0 Å². The van der Waals surface area contributed by atoms with Crippen LogP contribution in [0.3, 0.4) is 0 Å². The van der Waals surface area contributed by atoms with Gasteiger partial charge >= 0.3 is 0 Å². The number of aryl methyl sites for hydroxylation is 1. The first-order valence-corrected chi connectivity index (χ1v) is 7.58. The van der Waals surface area contributed by atoms with E-state index < -0.39 is 0 Å². The van der Waals surface area contributed by atoms with E-state index in [1.54, 1.807) is 0 Å². The first-order chi connectivity index (χ1) is 8.83. The lowest BCUT2D eigenvalue weighted by Crippen LogP contribution is -2.22. The summed E-state index contributed by atoms with van der Waals surface area (Å²) in [5, 5.41) is 10.4. The maximum absolute atomic E-state index is 10.4. The van der Waals surface area contributed by atoms with E-state index in [0.717, 1.165) is 12.8 Å². The quantitative estimate of drug-likeness (QED) is 0.736. The van der Waals surface area contributed by atoms with Crippen LogP contribution < -0.4 is 0 Å². The van der Waals surface area contributed by atoms with Gasteiger partial charge in [0.1, 0.15) is 0 Å². The Morgan fingerprint density at radius 2 is 2.06 bits per heavy atom. The van der Waals surface area contributed by atoms with Gasteiger partial charge in [-0.1, -0.05) is 56.9 Å². The van der Waals surface area contributed by atoms with Gasteiger partial charge < -0.3 is 5.11 Å². The van der Waals surface area contributed by atoms with Gasteiger partial charge in [0.25, 0.3) is 0 Å². The number of benzene rings is 1. The summed E-state index contributed by atoms with van der Waals surface area (Å²) >= 11 is 0. The number of fused-ring (bicyclic) bond motifs is 1. The van der Waals surface area contributed by atoms with E-state index in [9.17, 15) is 5.11 Å². The average Bonchev–Trinajstić information content (AvgIpc) is 2.43. The molecule has 0 saturated carbocycles. The molecule has 1 aliphatic rings. The predicted molar refractivity (Wildman–Crippen MR) is 76.9 cm³/mol. The molecule has 1 N–H and O–H groups in total. The van der Waals surface area contributed by atoms with Crippen molar-refractivity contribution in [2.45, 2.75) is 70.3 Å². The molecule has 0 spiro atoms. The predicted octanol–water partition coefficient (Wildman–Crippen LogP) is 4.44. The summed E-state index contributed by atoms with van der Waals surface area (Å²) < 4.78 is 0. The zero-order chi connectivity index (χ0) is 12.8. The highest BCUT2D eigenvalue weighted by Gasteiger charge is 2.25. The second-order valence-corrected chi connectivity index (χ2v) is 5.61. The van der Waals surface area contributed by atoms with Crippen molar-refractivity contribution in [1.82, 2.24) is 0 Å². The molecule has 0 bridgehead atoms. The lowest BCUT2D eigenvalue weighted by atomic mass is 9.78. The van der Waals surface area contributed by atoms with Crippen molar-refractivity contribution in [2.75, 3.05) is 0 Å². The number of hydrogen-bond donors (Lipinski definition) is 1. The molecule has 0 saturated heterocycles. The van der Waals surface area contributed by atoms with Crippen LogP contribution in [0.5, 0.6) is 0 Å². The van der Waals surface area contributed by atoms with Crippen LogP contribution in [0.1, 0.15) is 68.9 Å². The molecule has 1 aromatic rings. The Kier molecular flexibility index (Phi) is 5.25. The van der Waals surface area contributed by atoms with Crippen LogP contribution >= 0.6 is 0 Å². The Morgan fingerprint density at radius 3 is 2.89 bits per heavy atom. The number of rotatable bonds is 6. The zero-order valence-corrected chi connectivity index (χ0v) is 11.6. The van der Waals surface area contributed by atoms with Crippen molar-refractivity contribution in [1.29, 1.82) is 0 Å². The lowest BCUT2D eigenvalue weighted by molar-refractivity contribution is 0.122. The highest BCUT2D eigenvalue weighted by atomic mass is 16.3. The van der Waals surface area contributed by atoms with Gasteiger partial charge in [0.05, 0.1) is 6.10 Å². The monoisotopic (exact) mass is 246 g/mol. The summed E-state index contributed by atoms with van der Waals surface area (Å²) in [6, 6.07) is 8.68. The molecule has 0 fully saturated rings. The Labute approximate surface area is 111 Å². The molecular formula is C17H26O. The van der Waals surface area contributed by atoms with Crippen LogP contribution in [-0.4, -0.2) is 11.2 Å². The third kappa shape index (κ3) is 3.35. The fourth-order valence-electron chi connectivity index (χ4n) is 3.17. The summed E-state index contributed by atoms with van der Waals surface area (Å²) in [6.45, 7) is 2.23. The Bertz CT molecular complexity index is 358. The van der Waals surface area contributed by atoms with Crippen molar-refractivity contribution in [3.05, 3.63) is 35.4 Å². The first kappa shape index (κ1) is 13.6. The van der Waals surface area contributed by atoms with E-state index in [1.807, 2.05) is 0 Å². The fourth-order valence-corrected chi connectivity index (χ4v) is 3.17. The van der Waals surface area contributed by atoms with Crippen LogP contribution in [0, 0.1) is 0 Å². The summed E-state index contributed by atoms with van der Waals surface area (Å²) in [5.41, 5.74) is 2.87. The van der Waals surface area contributed by atoms with Crippen LogP contribution in [0.15, 0.2) is 24.3 Å². The fraction of sp³-hybridized carbons (Fsp3) is 0.647. The molecule has 2 unspecified atom stereocenters. The molecule has 1 nitrogen and oxygen atoms in total. The van der Waals surface area contributed by atoms with Crippen molar-refractivity contribution in [3.63, 3.8) is 0 Å². The Morgan fingerprint density at radius 1 is 1.22 bits per heavy atom. The van der Waals surface area contributed by atoms with E-state index >= 15 is 0 Å². The molecule has 1 aromatic carbocycles. The molecule has 0 radical (unpaired) electrons. The maximum atomic E-state index is 10.4. The van der Waals surface area contributed by atoms with Crippen molar-refractivity contribution < 1.29 is 5.11 Å². The maximum Gasteiger partial charge on any atom is 0.0608 e. The largest absolute Gasteiger partial charge is 0.392 e. The standard InChI is InChI=1S/C17H26O/c1-2-3-4-5-13-17(18)16-12-8-10-14-9-6-7-11-15(14)16/h6-7,9,11,16-18H,2-5,8,10,12-13H2,1H3. The summed E-state index contributed by atoms with van der Waals surface area (Å²) in [4.78, 5) is 0. The highest BCUT2D eigenvalue weighted by molar-refractivity contribution is 5.33. The molecule has 18 heavy (non-hydrogen) atoms. The number of aliphatic hydroxyl groups is 1. The van der Waals surface area contributed by atoms with E-state index in [2.05, 4.69) is 31.2 Å². The molecule has 2 atom stereocenters. The molecule has 0 heterocycles. The van der Waals surface area contributed by atoms with Gasteiger partial charge in [0, 0.05) is 5.92 Å². The van der Waals surface area contributed by atoms with E-state index in [0.29, 0.717) is 5.92 Å². The van der Waals surface area contributed by atoms with Gasteiger partial charge in [0.15, 0.2) is 0 Å². The Hall–Kier alpha value is -0.820. The van der Waals surface area contributed by atoms with Gasteiger partial charge in [-0.15, -0.1) is 0 Å². The normalized spacial score (nSPS) is 20.4. The van der Waals surface area contributed by atoms with E-state index in [1.165, 1.54) is 49.7 Å². The minimum absolute atomic E-state index is 0.136. The van der Waals surface area contributed by atoms with Crippen LogP contribution in [0.25, 0.3) is 0 Å². The molecule has 1 heteroatoms. The van der Waals surface area contributed by atoms with Gasteiger partial charge in [-0.05, 0) is 36.8 Å². The minimum atomic E-state index is -0.136. The van der Waals surface area contributed by atoms with Crippen molar-refractivity contribution in [3.8, 4) is 0 Å². The smallest absolute Gasteiger partial charge is 0.0608 e. The molecule has 0 aromatic heterocycles. The Balaban J connectivity index is 1.93. The molecule has 2 rings (SSSR count). The second kappa shape index (κ2) is 6.94. The number of hydrogen-bond acceptors (Lipinski definition) is 1. The summed E-state index contributed by atoms with van der Waals surface area (Å²) in [6.07, 6.45) is 9.42. The third-order valence-electron chi connectivity index (χ3n) is 4.23. The highest BCUT2D eigenvalue weighted by Crippen LogP contribution is 2.35. The molecule has 1 aliphatic carbocycles. The second-order valence-electron chi connectivity index (χ2n) is 5.61. The third-order valence-corrected chi connectivity index (χ3v) is 4.23. The molecule has 100 valence electrons. The minimum Gasteiger partial charge on any atom is -0.392 e. The topological polar surface area (TPSA) is 20.2 Å². The van der Waals surface area contributed by atoms with Crippen molar-refractivity contribution in [2.24, 2.45) is 0 Å². The number of aliphatic hydroxyl groups excluding tert-OH is 1. The van der Waals surface area contributed by atoms with Gasteiger partial charge in [-0.2, -0.15) is 0 Å². The van der Waals surface area contributed by atoms with Crippen molar-refractivity contribution >= 4 is 0 Å². The molecule has 0 amide bonds. The first-order valence-electron chi connectivity index (χ1n) is 7.58. The van der Waals surface area contributed by atoms with E-state index in [4.69, 9.17) is 0 Å². The lowest BCUT2D eigenvalue weighted by Gasteiger charge is -2.29. The SMILES string of the molecule is CCCCCCC(O)C1CCCc2ccccc21. The van der Waals surface area contributed by atoms with Gasteiger partial charge in [0.2, 0.25) is 0 Å². The summed E-state index contributed by atoms with van der Waals surface area (Å²) in [7, 11) is 0. The molecular weight excluding hydrogens is 220 g/mol. The van der Waals surface area contributed by atoms with Gasteiger partial charge in [-0.25, -0.2) is 0 Å². The summed E-state index contributed by atoms with van der Waals surface area (Å²) in [5.74, 6) is 0.386. The molecule has 0 aliphatic heterocycles. The van der Waals surface area contributed by atoms with Crippen LogP contribution in [0.4, 0.5) is 0 Å². The van der Waals surface area contributed by atoms with Gasteiger partial charge in [-0.3, -0.25) is 0 Å². The number of unbranched alkanes of at least 4 members (excludes halogenated alkanes) is 3. The zero-order valence-electron chi connectivity index (χ0n) is 11.6.